The zero-order valence-corrected chi connectivity index (χ0v) is 15.9. The SMILES string of the molecule is C=C1[C@@H](O)CC[C@]2(C)[C@@H]1[C@H](O)[C@@H]1C[C@]3(O)O[C@@H](C(=C(C)C)[C@H]3C)[C@@]2(O)O1. The summed E-state index contributed by atoms with van der Waals surface area (Å²) in [6.07, 6.45) is -2.35. The molecule has 0 aromatic heterocycles. The molecule has 9 atom stereocenters. The Morgan fingerprint density at radius 1 is 1.19 bits per heavy atom. The van der Waals surface area contributed by atoms with Crippen LogP contribution >= 0.6 is 0 Å². The summed E-state index contributed by atoms with van der Waals surface area (Å²) in [7, 11) is 0. The zero-order chi connectivity index (χ0) is 19.2. The minimum Gasteiger partial charge on any atom is -0.390 e. The molecule has 3 heterocycles. The molecule has 0 amide bonds. The fraction of sp³-hybridized carbons (Fsp3) is 0.800. The van der Waals surface area contributed by atoms with Gasteiger partial charge in [0.05, 0.1) is 18.3 Å². The van der Waals surface area contributed by atoms with Crippen LogP contribution in [0.5, 0.6) is 0 Å². The van der Waals surface area contributed by atoms with Crippen LogP contribution in [0.1, 0.15) is 47.0 Å². The van der Waals surface area contributed by atoms with Crippen LogP contribution in [-0.2, 0) is 9.47 Å². The number of allylic oxidation sites excluding steroid dienone is 1. The van der Waals surface area contributed by atoms with Crippen molar-refractivity contribution in [3.63, 3.8) is 0 Å². The molecule has 4 aliphatic rings. The molecule has 0 spiro atoms. The maximum atomic E-state index is 11.9. The van der Waals surface area contributed by atoms with Crippen molar-refractivity contribution >= 4 is 0 Å². The highest BCUT2D eigenvalue weighted by Crippen LogP contribution is 2.63. The lowest BCUT2D eigenvalue weighted by Crippen LogP contribution is -2.70. The molecule has 1 aliphatic carbocycles. The van der Waals surface area contributed by atoms with Gasteiger partial charge in [-0.25, -0.2) is 0 Å². The first-order valence-corrected chi connectivity index (χ1v) is 9.49. The minimum absolute atomic E-state index is 0.0564. The molecule has 3 saturated heterocycles. The molecule has 0 aromatic carbocycles. The van der Waals surface area contributed by atoms with Crippen molar-refractivity contribution in [2.45, 2.75) is 82.9 Å². The van der Waals surface area contributed by atoms with Crippen molar-refractivity contribution in [3.8, 4) is 0 Å². The Balaban J connectivity index is 1.92. The van der Waals surface area contributed by atoms with Gasteiger partial charge in [0.2, 0.25) is 5.79 Å². The maximum Gasteiger partial charge on any atom is 0.202 e. The Kier molecular flexibility index (Phi) is 3.86. The molecule has 4 bridgehead atoms. The van der Waals surface area contributed by atoms with Crippen molar-refractivity contribution in [2.24, 2.45) is 17.3 Å². The summed E-state index contributed by atoms with van der Waals surface area (Å²) in [4.78, 5) is 0. The molecule has 6 heteroatoms. The first-order valence-electron chi connectivity index (χ1n) is 9.49. The van der Waals surface area contributed by atoms with Crippen LogP contribution in [0.15, 0.2) is 23.3 Å². The number of aliphatic hydroxyl groups is 4. The van der Waals surface area contributed by atoms with E-state index in [2.05, 4.69) is 6.58 Å². The van der Waals surface area contributed by atoms with Crippen LogP contribution in [-0.4, -0.2) is 56.4 Å². The van der Waals surface area contributed by atoms with E-state index in [1.807, 2.05) is 27.7 Å². The lowest BCUT2D eigenvalue weighted by molar-refractivity contribution is -0.373. The van der Waals surface area contributed by atoms with Gasteiger partial charge in [0.15, 0.2) is 5.79 Å². The number of rotatable bonds is 0. The molecule has 0 unspecified atom stereocenters. The fourth-order valence-electron chi connectivity index (χ4n) is 5.90. The number of ether oxygens (including phenoxy) is 2. The van der Waals surface area contributed by atoms with Gasteiger partial charge in [-0.15, -0.1) is 0 Å². The van der Waals surface area contributed by atoms with E-state index >= 15 is 0 Å². The summed E-state index contributed by atoms with van der Waals surface area (Å²) in [5.74, 6) is -4.06. The van der Waals surface area contributed by atoms with E-state index in [1.54, 1.807) is 0 Å². The Labute approximate surface area is 154 Å². The van der Waals surface area contributed by atoms with Gasteiger partial charge in [-0.1, -0.05) is 26.0 Å². The number of hydrogen-bond acceptors (Lipinski definition) is 6. The van der Waals surface area contributed by atoms with Crippen LogP contribution < -0.4 is 0 Å². The van der Waals surface area contributed by atoms with E-state index in [9.17, 15) is 20.4 Å². The largest absolute Gasteiger partial charge is 0.390 e. The van der Waals surface area contributed by atoms with E-state index in [0.717, 1.165) is 11.1 Å². The zero-order valence-electron chi connectivity index (χ0n) is 15.9. The molecular formula is C20H30O6. The van der Waals surface area contributed by atoms with Crippen molar-refractivity contribution in [1.82, 2.24) is 0 Å². The van der Waals surface area contributed by atoms with Gasteiger partial charge in [-0.2, -0.15) is 0 Å². The Morgan fingerprint density at radius 2 is 1.85 bits per heavy atom. The number of aliphatic hydroxyl groups excluding tert-OH is 2. The molecule has 3 aliphatic heterocycles. The van der Waals surface area contributed by atoms with E-state index in [1.165, 1.54) is 0 Å². The summed E-state index contributed by atoms with van der Waals surface area (Å²) in [6, 6.07) is 0. The normalized spacial score (nSPS) is 56.2. The molecule has 4 N–H and O–H groups in total. The number of hydrogen-bond donors (Lipinski definition) is 4. The average Bonchev–Trinajstić information content (AvgIpc) is 2.74. The molecule has 1 saturated carbocycles. The van der Waals surface area contributed by atoms with Gasteiger partial charge in [0, 0.05) is 23.7 Å². The highest BCUT2D eigenvalue weighted by Gasteiger charge is 2.73. The fourth-order valence-corrected chi connectivity index (χ4v) is 5.90. The highest BCUT2D eigenvalue weighted by atomic mass is 16.7. The molecule has 4 fully saturated rings. The van der Waals surface area contributed by atoms with Crippen molar-refractivity contribution < 1.29 is 29.9 Å². The standard InChI is InChI=1S/C20H30O6/c1-9(2)14-11(4)19(23)8-13-16(22)15-10(3)12(21)6-7-18(15,5)20(24,25-13)17(14)26-19/h11-13,15-17,21-24H,3,6-8H2,1-2,4-5H3/t11-,12+,13+,15+,16-,17+,18-,19+,20-/m1/s1. The van der Waals surface area contributed by atoms with Gasteiger partial charge < -0.3 is 29.9 Å². The van der Waals surface area contributed by atoms with Gasteiger partial charge in [-0.3, -0.25) is 0 Å². The summed E-state index contributed by atoms with van der Waals surface area (Å²) in [5, 5.41) is 44.4. The first kappa shape index (κ1) is 18.6. The van der Waals surface area contributed by atoms with E-state index in [-0.39, 0.29) is 12.3 Å². The Morgan fingerprint density at radius 3 is 2.46 bits per heavy atom. The molecule has 146 valence electrons. The van der Waals surface area contributed by atoms with Crippen LogP contribution in [0, 0.1) is 17.3 Å². The molecule has 6 nitrogen and oxygen atoms in total. The molecule has 0 radical (unpaired) electrons. The van der Waals surface area contributed by atoms with Gasteiger partial charge in [0.1, 0.15) is 6.10 Å². The Hall–Kier alpha value is -0.760. The van der Waals surface area contributed by atoms with Crippen LogP contribution in [0.2, 0.25) is 0 Å². The van der Waals surface area contributed by atoms with Crippen LogP contribution in [0.3, 0.4) is 0 Å². The van der Waals surface area contributed by atoms with E-state index < -0.39 is 47.3 Å². The predicted octanol–water partition coefficient (Wildman–Crippen LogP) is 1.23. The smallest absolute Gasteiger partial charge is 0.202 e. The van der Waals surface area contributed by atoms with Gasteiger partial charge in [-0.05, 0) is 37.8 Å². The second kappa shape index (κ2) is 5.40. The monoisotopic (exact) mass is 366 g/mol. The van der Waals surface area contributed by atoms with Crippen LogP contribution in [0.25, 0.3) is 0 Å². The first-order chi connectivity index (χ1) is 12.0. The topological polar surface area (TPSA) is 99.4 Å². The quantitative estimate of drug-likeness (QED) is 0.481. The second-order valence-corrected chi connectivity index (χ2v) is 9.09. The summed E-state index contributed by atoms with van der Waals surface area (Å²) in [5.41, 5.74) is 1.46. The molecule has 26 heavy (non-hydrogen) atoms. The minimum atomic E-state index is -1.72. The predicted molar refractivity (Wildman–Crippen MR) is 93.8 cm³/mol. The molecule has 4 rings (SSSR count). The molecule has 0 aromatic rings. The van der Waals surface area contributed by atoms with E-state index in [4.69, 9.17) is 9.47 Å². The summed E-state index contributed by atoms with van der Waals surface area (Å²) < 4.78 is 12.2. The van der Waals surface area contributed by atoms with Gasteiger partial charge >= 0.3 is 0 Å². The van der Waals surface area contributed by atoms with Crippen molar-refractivity contribution in [1.29, 1.82) is 0 Å². The van der Waals surface area contributed by atoms with E-state index in [0.29, 0.717) is 18.4 Å². The summed E-state index contributed by atoms with van der Waals surface area (Å²) in [6.45, 7) is 11.7. The third-order valence-corrected chi connectivity index (χ3v) is 7.50. The lowest BCUT2D eigenvalue weighted by atomic mass is 9.54. The Bertz CT molecular complexity index is 684. The third kappa shape index (κ3) is 2.03. The second-order valence-electron chi connectivity index (χ2n) is 9.09. The van der Waals surface area contributed by atoms with Crippen molar-refractivity contribution in [2.75, 3.05) is 0 Å². The number of fused-ring (bicyclic) bond motifs is 7. The van der Waals surface area contributed by atoms with Crippen LogP contribution in [0.4, 0.5) is 0 Å². The maximum absolute atomic E-state index is 11.9. The third-order valence-electron chi connectivity index (χ3n) is 7.50. The highest BCUT2D eigenvalue weighted by molar-refractivity contribution is 5.34. The molecular weight excluding hydrogens is 336 g/mol. The average molecular weight is 366 g/mol. The summed E-state index contributed by atoms with van der Waals surface area (Å²) >= 11 is 0. The van der Waals surface area contributed by atoms with Gasteiger partial charge in [0.25, 0.3) is 0 Å². The van der Waals surface area contributed by atoms with Crippen molar-refractivity contribution in [3.05, 3.63) is 23.3 Å². The lowest BCUT2D eigenvalue weighted by Gasteiger charge is -2.60.